The molecular weight excluding hydrogens is 230 g/mol. The van der Waals surface area contributed by atoms with E-state index in [9.17, 15) is 9.90 Å². The lowest BCUT2D eigenvalue weighted by molar-refractivity contribution is 0.0696. The van der Waals surface area contributed by atoms with Crippen molar-refractivity contribution in [2.45, 2.75) is 25.9 Å². The zero-order chi connectivity index (χ0) is 13.3. The number of hydrogen-bond acceptors (Lipinski definition) is 4. The number of pyridine rings is 1. The third kappa shape index (κ3) is 2.31. The van der Waals surface area contributed by atoms with Crippen LogP contribution in [0.15, 0.2) is 18.5 Å². The van der Waals surface area contributed by atoms with Crippen molar-refractivity contribution in [1.29, 1.82) is 0 Å². The third-order valence-corrected chi connectivity index (χ3v) is 3.73. The van der Waals surface area contributed by atoms with Crippen LogP contribution in [0.2, 0.25) is 0 Å². The molecule has 1 aromatic rings. The Morgan fingerprint density at radius 2 is 2.00 bits per heavy atom. The number of aromatic carboxylic acids is 1. The highest BCUT2D eigenvalue weighted by molar-refractivity contribution is 5.94. The maximum absolute atomic E-state index is 11.2. The lowest BCUT2D eigenvalue weighted by Gasteiger charge is -2.43. The van der Waals surface area contributed by atoms with E-state index >= 15 is 0 Å². The fourth-order valence-corrected chi connectivity index (χ4v) is 2.43. The quantitative estimate of drug-likeness (QED) is 0.856. The fourth-order valence-electron chi connectivity index (χ4n) is 2.43. The van der Waals surface area contributed by atoms with Crippen LogP contribution in [0.3, 0.4) is 0 Å². The van der Waals surface area contributed by atoms with E-state index in [0.29, 0.717) is 12.1 Å². The van der Waals surface area contributed by atoms with Gasteiger partial charge in [0.1, 0.15) is 5.56 Å². The predicted molar refractivity (Wildman–Crippen MR) is 70.1 cm³/mol. The molecule has 0 amide bonds. The van der Waals surface area contributed by atoms with Gasteiger partial charge >= 0.3 is 5.97 Å². The Balaban J connectivity index is 2.30. The smallest absolute Gasteiger partial charge is 0.339 e. The van der Waals surface area contributed by atoms with Crippen LogP contribution in [-0.2, 0) is 0 Å². The summed E-state index contributed by atoms with van der Waals surface area (Å²) < 4.78 is 0. The summed E-state index contributed by atoms with van der Waals surface area (Å²) in [7, 11) is 2.11. The van der Waals surface area contributed by atoms with Gasteiger partial charge in [0, 0.05) is 37.6 Å². The minimum Gasteiger partial charge on any atom is -0.478 e. The molecule has 2 heterocycles. The summed E-state index contributed by atoms with van der Waals surface area (Å²) in [5, 5.41) is 9.20. The first kappa shape index (κ1) is 12.8. The second kappa shape index (κ2) is 4.94. The minimum atomic E-state index is -0.919. The van der Waals surface area contributed by atoms with Gasteiger partial charge in [-0.2, -0.15) is 0 Å². The number of carboxylic acids is 1. The molecule has 5 nitrogen and oxygen atoms in total. The van der Waals surface area contributed by atoms with Gasteiger partial charge in [-0.15, -0.1) is 0 Å². The van der Waals surface area contributed by atoms with Crippen molar-refractivity contribution in [3.63, 3.8) is 0 Å². The third-order valence-electron chi connectivity index (χ3n) is 3.73. The molecule has 0 radical (unpaired) electrons. The summed E-state index contributed by atoms with van der Waals surface area (Å²) in [6.07, 6.45) is 3.07. The van der Waals surface area contributed by atoms with E-state index in [4.69, 9.17) is 0 Å². The molecule has 2 unspecified atom stereocenters. The number of nitrogens with zero attached hydrogens (tertiary/aromatic N) is 3. The highest BCUT2D eigenvalue weighted by Crippen LogP contribution is 2.24. The lowest BCUT2D eigenvalue weighted by Crippen LogP contribution is -2.55. The molecule has 1 fully saturated rings. The van der Waals surface area contributed by atoms with Gasteiger partial charge in [0.05, 0.1) is 5.69 Å². The molecule has 5 heteroatoms. The van der Waals surface area contributed by atoms with E-state index in [1.165, 1.54) is 6.20 Å². The van der Waals surface area contributed by atoms with Crippen LogP contribution in [-0.4, -0.2) is 53.2 Å². The highest BCUT2D eigenvalue weighted by Gasteiger charge is 2.28. The van der Waals surface area contributed by atoms with Crippen LogP contribution in [0.25, 0.3) is 0 Å². The molecular formula is C13H19N3O2. The van der Waals surface area contributed by atoms with Gasteiger partial charge in [-0.1, -0.05) is 0 Å². The van der Waals surface area contributed by atoms with Gasteiger partial charge in [-0.3, -0.25) is 9.88 Å². The molecule has 1 aliphatic rings. The first-order valence-electron chi connectivity index (χ1n) is 6.15. The lowest BCUT2D eigenvalue weighted by atomic mass is 10.1. The van der Waals surface area contributed by atoms with Crippen molar-refractivity contribution >= 4 is 11.7 Å². The van der Waals surface area contributed by atoms with Crippen LogP contribution in [0.4, 0.5) is 5.69 Å². The number of rotatable bonds is 2. The van der Waals surface area contributed by atoms with Crippen molar-refractivity contribution in [3.8, 4) is 0 Å². The van der Waals surface area contributed by atoms with Gasteiger partial charge in [0.15, 0.2) is 0 Å². The summed E-state index contributed by atoms with van der Waals surface area (Å²) in [6, 6.07) is 2.60. The fraction of sp³-hybridized carbons (Fsp3) is 0.538. The average molecular weight is 249 g/mol. The normalized spacial score (nSPS) is 25.2. The molecule has 0 bridgehead atoms. The summed E-state index contributed by atoms with van der Waals surface area (Å²) in [4.78, 5) is 19.6. The Hall–Kier alpha value is -1.62. The van der Waals surface area contributed by atoms with Gasteiger partial charge in [-0.25, -0.2) is 4.79 Å². The van der Waals surface area contributed by atoms with E-state index < -0.39 is 5.97 Å². The molecule has 18 heavy (non-hydrogen) atoms. The first-order valence-corrected chi connectivity index (χ1v) is 6.15. The van der Waals surface area contributed by atoms with E-state index in [1.807, 2.05) is 0 Å². The Kier molecular flexibility index (Phi) is 3.52. The molecule has 2 rings (SSSR count). The van der Waals surface area contributed by atoms with Crippen molar-refractivity contribution in [2.24, 2.45) is 0 Å². The standard InChI is InChI=1S/C13H19N3O2/c1-9-7-16(8-10(2)15(9)3)12-4-5-14-6-11(12)13(17)18/h4-6,9-10H,7-8H2,1-3H3,(H,17,18). The van der Waals surface area contributed by atoms with Crippen molar-refractivity contribution in [3.05, 3.63) is 24.0 Å². The van der Waals surface area contributed by atoms with E-state index in [1.54, 1.807) is 12.3 Å². The second-order valence-corrected chi connectivity index (χ2v) is 4.97. The SMILES string of the molecule is CC1CN(c2ccncc2C(=O)O)CC(C)N1C. The molecule has 0 saturated carbocycles. The number of hydrogen-bond donors (Lipinski definition) is 1. The minimum absolute atomic E-state index is 0.279. The Morgan fingerprint density at radius 1 is 1.39 bits per heavy atom. The monoisotopic (exact) mass is 249 g/mol. The van der Waals surface area contributed by atoms with Crippen molar-refractivity contribution in [2.75, 3.05) is 25.0 Å². The predicted octanol–water partition coefficient (Wildman–Crippen LogP) is 1.31. The summed E-state index contributed by atoms with van der Waals surface area (Å²) in [6.45, 7) is 5.99. The number of likely N-dealkylation sites (N-methyl/N-ethyl adjacent to an activating group) is 1. The maximum atomic E-state index is 11.2. The second-order valence-electron chi connectivity index (χ2n) is 4.97. The largest absolute Gasteiger partial charge is 0.478 e. The molecule has 1 aliphatic heterocycles. The maximum Gasteiger partial charge on any atom is 0.339 e. The zero-order valence-electron chi connectivity index (χ0n) is 11.0. The van der Waals surface area contributed by atoms with Gasteiger partial charge in [0.2, 0.25) is 0 Å². The Labute approximate surface area is 107 Å². The molecule has 0 aliphatic carbocycles. The van der Waals surface area contributed by atoms with E-state index in [-0.39, 0.29) is 5.56 Å². The van der Waals surface area contributed by atoms with Crippen LogP contribution in [0, 0.1) is 0 Å². The van der Waals surface area contributed by atoms with E-state index in [2.05, 4.69) is 35.7 Å². The molecule has 1 saturated heterocycles. The van der Waals surface area contributed by atoms with Crippen molar-refractivity contribution in [1.82, 2.24) is 9.88 Å². The Morgan fingerprint density at radius 3 is 2.56 bits per heavy atom. The molecule has 2 atom stereocenters. The number of carbonyl (C=O) groups is 1. The van der Waals surface area contributed by atoms with Gasteiger partial charge < -0.3 is 10.0 Å². The number of aromatic nitrogens is 1. The summed E-state index contributed by atoms with van der Waals surface area (Å²) >= 11 is 0. The van der Waals surface area contributed by atoms with E-state index in [0.717, 1.165) is 18.8 Å². The number of piperazine rings is 1. The molecule has 1 aromatic heterocycles. The average Bonchev–Trinajstić information content (AvgIpc) is 2.35. The summed E-state index contributed by atoms with van der Waals surface area (Å²) in [5.41, 5.74) is 1.05. The topological polar surface area (TPSA) is 56.7 Å². The zero-order valence-corrected chi connectivity index (χ0v) is 11.0. The molecule has 0 aromatic carbocycles. The molecule has 98 valence electrons. The summed E-state index contributed by atoms with van der Waals surface area (Å²) in [5.74, 6) is -0.919. The van der Waals surface area contributed by atoms with Crippen LogP contribution >= 0.6 is 0 Å². The highest BCUT2D eigenvalue weighted by atomic mass is 16.4. The Bertz CT molecular complexity index is 438. The first-order chi connectivity index (χ1) is 8.50. The molecule has 0 spiro atoms. The number of carboxylic acid groups (broad SMARTS) is 1. The van der Waals surface area contributed by atoms with Gasteiger partial charge in [-0.05, 0) is 27.0 Å². The van der Waals surface area contributed by atoms with Crippen molar-refractivity contribution < 1.29 is 9.90 Å². The number of anilines is 1. The van der Waals surface area contributed by atoms with Crippen LogP contribution in [0.5, 0.6) is 0 Å². The van der Waals surface area contributed by atoms with Gasteiger partial charge in [0.25, 0.3) is 0 Å². The van der Waals surface area contributed by atoms with Crippen LogP contribution < -0.4 is 4.90 Å². The molecule has 1 N–H and O–H groups in total. The van der Waals surface area contributed by atoms with Crippen LogP contribution in [0.1, 0.15) is 24.2 Å².